The first kappa shape index (κ1) is 21.7. The molecule has 0 atom stereocenters. The summed E-state index contributed by atoms with van der Waals surface area (Å²) in [4.78, 5) is 7.47. The molecule has 0 saturated heterocycles. The molecule has 0 aliphatic rings. The van der Waals surface area contributed by atoms with Crippen LogP contribution in [0.5, 0.6) is 0 Å². The van der Waals surface area contributed by atoms with E-state index >= 15 is 0 Å². The predicted octanol–water partition coefficient (Wildman–Crippen LogP) is 0.0126. The van der Waals surface area contributed by atoms with E-state index in [0.29, 0.717) is 11.9 Å². The molecular formula is C15H14BF3N6O4S. The Kier molecular flexibility index (Phi) is 5.80. The summed E-state index contributed by atoms with van der Waals surface area (Å²) < 4.78 is 66.4. The highest BCUT2D eigenvalue weighted by molar-refractivity contribution is 7.89. The number of nitrogens with zero attached hydrogens (tertiary/aromatic N) is 4. The number of hydrogen-bond donors (Lipinski definition) is 4. The van der Waals surface area contributed by atoms with Gasteiger partial charge in [-0.2, -0.15) is 23.3 Å². The molecule has 10 nitrogen and oxygen atoms in total. The molecule has 0 amide bonds. The van der Waals surface area contributed by atoms with Gasteiger partial charge in [-0.05, 0) is 31.3 Å². The van der Waals surface area contributed by atoms with Crippen molar-refractivity contribution in [3.63, 3.8) is 0 Å². The van der Waals surface area contributed by atoms with Gasteiger partial charge in [0.1, 0.15) is 5.56 Å². The minimum absolute atomic E-state index is 0.00351. The Balaban J connectivity index is 1.96. The smallest absolute Gasteiger partial charge is 0.423 e. The Morgan fingerprint density at radius 1 is 1.13 bits per heavy atom. The maximum atomic E-state index is 13.3. The number of anilines is 2. The van der Waals surface area contributed by atoms with Gasteiger partial charge >= 0.3 is 13.3 Å². The molecule has 0 aliphatic heterocycles. The summed E-state index contributed by atoms with van der Waals surface area (Å²) in [5.74, 6) is -0.856. The quantitative estimate of drug-likeness (QED) is 0.392. The monoisotopic (exact) mass is 442 g/mol. The average Bonchev–Trinajstić information content (AvgIpc) is 3.18. The van der Waals surface area contributed by atoms with Crippen LogP contribution in [-0.4, -0.2) is 52.4 Å². The van der Waals surface area contributed by atoms with Gasteiger partial charge in [-0.15, -0.1) is 0 Å². The number of aromatic nitrogens is 4. The van der Waals surface area contributed by atoms with Crippen LogP contribution in [0.3, 0.4) is 0 Å². The third-order valence-corrected chi connectivity index (χ3v) is 5.31. The molecular weight excluding hydrogens is 428 g/mol. The van der Waals surface area contributed by atoms with E-state index in [-0.39, 0.29) is 16.3 Å². The second-order valence-electron chi connectivity index (χ2n) is 5.88. The van der Waals surface area contributed by atoms with Crippen LogP contribution in [0.15, 0.2) is 47.8 Å². The SMILES string of the molecule is CNS(=O)(=O)c1ccc(Nc2ncc(C(F)(F)F)c(-n3cc(B(O)O)cn3)n2)cc1. The molecule has 0 unspecified atom stereocenters. The van der Waals surface area contributed by atoms with Crippen molar-refractivity contribution in [2.75, 3.05) is 12.4 Å². The molecule has 2 heterocycles. The van der Waals surface area contributed by atoms with Crippen molar-refractivity contribution in [2.45, 2.75) is 11.1 Å². The average molecular weight is 442 g/mol. The molecule has 1 aromatic carbocycles. The first-order valence-electron chi connectivity index (χ1n) is 8.17. The third-order valence-electron chi connectivity index (χ3n) is 3.88. The van der Waals surface area contributed by atoms with Crippen molar-refractivity contribution in [3.05, 3.63) is 48.4 Å². The fourth-order valence-electron chi connectivity index (χ4n) is 2.36. The van der Waals surface area contributed by atoms with Crippen LogP contribution in [0, 0.1) is 0 Å². The number of halogens is 3. The maximum absolute atomic E-state index is 13.3. The van der Waals surface area contributed by atoms with Gasteiger partial charge in [0, 0.05) is 29.7 Å². The van der Waals surface area contributed by atoms with Crippen molar-refractivity contribution >= 4 is 34.2 Å². The first-order valence-corrected chi connectivity index (χ1v) is 9.65. The zero-order chi connectivity index (χ0) is 22.1. The van der Waals surface area contributed by atoms with Crippen molar-refractivity contribution in [3.8, 4) is 5.82 Å². The van der Waals surface area contributed by atoms with E-state index in [0.717, 1.165) is 17.1 Å². The van der Waals surface area contributed by atoms with E-state index in [4.69, 9.17) is 10.0 Å². The van der Waals surface area contributed by atoms with Gasteiger partial charge in [-0.3, -0.25) is 0 Å². The number of rotatable bonds is 6. The van der Waals surface area contributed by atoms with Crippen molar-refractivity contribution in [1.82, 2.24) is 24.5 Å². The lowest BCUT2D eigenvalue weighted by Gasteiger charge is -2.13. The largest absolute Gasteiger partial charge is 0.491 e. The lowest BCUT2D eigenvalue weighted by atomic mass is 9.83. The van der Waals surface area contributed by atoms with E-state index < -0.39 is 34.7 Å². The second kappa shape index (κ2) is 8.02. The Morgan fingerprint density at radius 3 is 2.33 bits per heavy atom. The molecule has 4 N–H and O–H groups in total. The zero-order valence-electron chi connectivity index (χ0n) is 15.2. The third kappa shape index (κ3) is 4.59. The minimum Gasteiger partial charge on any atom is -0.423 e. The van der Waals surface area contributed by atoms with E-state index in [2.05, 4.69) is 25.1 Å². The molecule has 30 heavy (non-hydrogen) atoms. The van der Waals surface area contributed by atoms with Crippen molar-refractivity contribution in [2.24, 2.45) is 0 Å². The molecule has 158 valence electrons. The van der Waals surface area contributed by atoms with Gasteiger partial charge in [-0.25, -0.2) is 22.8 Å². The normalized spacial score (nSPS) is 12.1. The molecule has 0 aliphatic carbocycles. The molecule has 15 heteroatoms. The Bertz CT molecular complexity index is 1150. The van der Waals surface area contributed by atoms with Crippen LogP contribution in [0.25, 0.3) is 5.82 Å². The van der Waals surface area contributed by atoms with Crippen molar-refractivity contribution in [1.29, 1.82) is 0 Å². The molecule has 0 saturated carbocycles. The van der Waals surface area contributed by atoms with Gasteiger partial charge in [0.15, 0.2) is 5.82 Å². The standard InChI is InChI=1S/C15H14BF3N6O4S/c1-20-30(28,29)11-4-2-10(3-5-11)23-14-21-7-12(15(17,18)19)13(24-14)25-8-9(6-22-25)16(26)27/h2-8,20,26-27H,1H3,(H,21,23,24). The van der Waals surface area contributed by atoms with Crippen LogP contribution >= 0.6 is 0 Å². The lowest BCUT2D eigenvalue weighted by molar-refractivity contribution is -0.138. The summed E-state index contributed by atoms with van der Waals surface area (Å²) in [6.45, 7) is 0. The highest BCUT2D eigenvalue weighted by Gasteiger charge is 2.36. The van der Waals surface area contributed by atoms with Gasteiger partial charge in [-0.1, -0.05) is 0 Å². The summed E-state index contributed by atoms with van der Waals surface area (Å²) in [6.07, 6.45) is -2.26. The Labute approximate surface area is 168 Å². The molecule has 2 aromatic heterocycles. The zero-order valence-corrected chi connectivity index (χ0v) is 16.0. The van der Waals surface area contributed by atoms with E-state index in [1.807, 2.05) is 0 Å². The van der Waals surface area contributed by atoms with Crippen LogP contribution in [-0.2, 0) is 16.2 Å². The van der Waals surface area contributed by atoms with Gasteiger partial charge in [0.2, 0.25) is 16.0 Å². The number of alkyl halides is 3. The van der Waals surface area contributed by atoms with Crippen LogP contribution < -0.4 is 15.5 Å². The number of nitrogens with one attached hydrogen (secondary N) is 2. The summed E-state index contributed by atoms with van der Waals surface area (Å²) >= 11 is 0. The van der Waals surface area contributed by atoms with Crippen LogP contribution in [0.4, 0.5) is 24.8 Å². The van der Waals surface area contributed by atoms with Crippen LogP contribution in [0.1, 0.15) is 5.56 Å². The molecule has 0 fully saturated rings. The van der Waals surface area contributed by atoms with E-state index in [1.165, 1.54) is 31.3 Å². The van der Waals surface area contributed by atoms with Crippen LogP contribution in [0.2, 0.25) is 0 Å². The number of sulfonamides is 1. The first-order chi connectivity index (χ1) is 14.0. The summed E-state index contributed by atoms with van der Waals surface area (Å²) in [5.41, 5.74) is -0.995. The lowest BCUT2D eigenvalue weighted by Crippen LogP contribution is -2.28. The summed E-state index contributed by atoms with van der Waals surface area (Å²) in [7, 11) is -4.30. The summed E-state index contributed by atoms with van der Waals surface area (Å²) in [5, 5.41) is 24.7. The molecule has 0 spiro atoms. The molecule has 0 bridgehead atoms. The maximum Gasteiger partial charge on any atom is 0.491 e. The highest BCUT2D eigenvalue weighted by Crippen LogP contribution is 2.33. The second-order valence-corrected chi connectivity index (χ2v) is 7.76. The Hall–Kier alpha value is -3.01. The molecule has 0 radical (unpaired) electrons. The van der Waals surface area contributed by atoms with Gasteiger partial charge in [0.05, 0.1) is 4.90 Å². The van der Waals surface area contributed by atoms with Crippen molar-refractivity contribution < 1.29 is 31.6 Å². The topological polar surface area (TPSA) is 142 Å². The Morgan fingerprint density at radius 2 is 1.80 bits per heavy atom. The number of hydrogen-bond acceptors (Lipinski definition) is 8. The predicted molar refractivity (Wildman–Crippen MR) is 100.0 cm³/mol. The fraction of sp³-hybridized carbons (Fsp3) is 0.133. The highest BCUT2D eigenvalue weighted by atomic mass is 32.2. The minimum atomic E-state index is -4.79. The molecule has 3 rings (SSSR count). The van der Waals surface area contributed by atoms with E-state index in [1.54, 1.807) is 0 Å². The summed E-state index contributed by atoms with van der Waals surface area (Å²) in [6, 6.07) is 5.36. The van der Waals surface area contributed by atoms with Gasteiger partial charge in [0.25, 0.3) is 0 Å². The fourth-order valence-corrected chi connectivity index (χ4v) is 3.09. The van der Waals surface area contributed by atoms with E-state index in [9.17, 15) is 21.6 Å². The van der Waals surface area contributed by atoms with Gasteiger partial charge < -0.3 is 15.4 Å². The molecule has 3 aromatic rings. The number of benzene rings is 1.